The first-order valence-corrected chi connectivity index (χ1v) is 11.6. The van der Waals surface area contributed by atoms with Crippen LogP contribution in [-0.2, 0) is 16.1 Å². The highest BCUT2D eigenvalue weighted by molar-refractivity contribution is 5.80. The Bertz CT molecular complexity index is 927. The number of ether oxygens (including phenoxy) is 4. The first-order chi connectivity index (χ1) is 16.1. The maximum Gasteiger partial charge on any atom is 0.226 e. The van der Waals surface area contributed by atoms with E-state index in [4.69, 9.17) is 18.9 Å². The Balaban J connectivity index is 1.49. The summed E-state index contributed by atoms with van der Waals surface area (Å²) in [6.45, 7) is 3.25. The van der Waals surface area contributed by atoms with E-state index in [1.165, 1.54) is 5.56 Å². The van der Waals surface area contributed by atoms with Crippen LogP contribution in [0, 0.1) is 5.92 Å². The molecule has 0 aromatic heterocycles. The monoisotopic (exact) mass is 454 g/mol. The van der Waals surface area contributed by atoms with Crippen LogP contribution in [0.2, 0.25) is 0 Å². The van der Waals surface area contributed by atoms with Gasteiger partial charge in [0.2, 0.25) is 5.91 Å². The molecule has 0 radical (unpaired) electrons. The number of benzene rings is 2. The van der Waals surface area contributed by atoms with Crippen molar-refractivity contribution in [1.82, 2.24) is 10.2 Å². The molecule has 1 aliphatic carbocycles. The summed E-state index contributed by atoms with van der Waals surface area (Å²) in [7, 11) is 4.99. The lowest BCUT2D eigenvalue weighted by molar-refractivity contribution is -0.140. The van der Waals surface area contributed by atoms with Gasteiger partial charge in [-0.2, -0.15) is 0 Å². The van der Waals surface area contributed by atoms with Gasteiger partial charge in [0.1, 0.15) is 17.2 Å². The average Bonchev–Trinajstić information content (AvgIpc) is 3.31. The molecule has 1 aliphatic heterocycles. The summed E-state index contributed by atoms with van der Waals surface area (Å²) >= 11 is 0. The lowest BCUT2D eigenvalue weighted by atomic mass is 9.88. The minimum absolute atomic E-state index is 0.0493. The number of carbonyl (C=O) groups is 1. The van der Waals surface area contributed by atoms with Gasteiger partial charge < -0.3 is 29.2 Å². The van der Waals surface area contributed by atoms with E-state index in [2.05, 4.69) is 17.4 Å². The number of amides is 1. The van der Waals surface area contributed by atoms with Crippen LogP contribution in [-0.4, -0.2) is 64.5 Å². The lowest BCUT2D eigenvalue weighted by Crippen LogP contribution is -2.44. The van der Waals surface area contributed by atoms with Crippen LogP contribution in [0.3, 0.4) is 0 Å². The van der Waals surface area contributed by atoms with Crippen LogP contribution >= 0.6 is 0 Å². The van der Waals surface area contributed by atoms with Gasteiger partial charge in [0.25, 0.3) is 0 Å². The molecule has 1 amide bonds. The summed E-state index contributed by atoms with van der Waals surface area (Å²) in [6.07, 6.45) is 1.72. The van der Waals surface area contributed by atoms with E-state index in [-0.39, 0.29) is 23.8 Å². The highest BCUT2D eigenvalue weighted by Gasteiger charge is 2.41. The number of carbonyl (C=O) groups excluding carboxylic acids is 1. The van der Waals surface area contributed by atoms with Crippen LogP contribution < -0.4 is 19.5 Å². The van der Waals surface area contributed by atoms with Crippen molar-refractivity contribution >= 4 is 5.91 Å². The predicted octanol–water partition coefficient (Wildman–Crippen LogP) is 3.22. The number of morpholine rings is 1. The Morgan fingerprint density at radius 3 is 2.33 bits per heavy atom. The minimum atomic E-state index is -0.0493. The number of hydrogen-bond donors (Lipinski definition) is 1. The molecule has 3 atom stereocenters. The Hall–Kier alpha value is -2.77. The van der Waals surface area contributed by atoms with Gasteiger partial charge in [0.05, 0.1) is 34.5 Å². The molecule has 1 heterocycles. The molecule has 33 heavy (non-hydrogen) atoms. The molecule has 7 nitrogen and oxygen atoms in total. The number of hydrogen-bond acceptors (Lipinski definition) is 6. The highest BCUT2D eigenvalue weighted by Crippen LogP contribution is 2.41. The normalized spacial score (nSPS) is 22.8. The zero-order valence-electron chi connectivity index (χ0n) is 19.7. The van der Waals surface area contributed by atoms with Crippen molar-refractivity contribution in [2.75, 3.05) is 47.6 Å². The van der Waals surface area contributed by atoms with E-state index < -0.39 is 0 Å². The Morgan fingerprint density at radius 1 is 0.970 bits per heavy atom. The van der Waals surface area contributed by atoms with E-state index >= 15 is 0 Å². The van der Waals surface area contributed by atoms with Crippen molar-refractivity contribution in [3.8, 4) is 17.2 Å². The van der Waals surface area contributed by atoms with E-state index in [9.17, 15) is 4.79 Å². The van der Waals surface area contributed by atoms with E-state index in [0.29, 0.717) is 32.8 Å². The molecule has 0 bridgehead atoms. The summed E-state index contributed by atoms with van der Waals surface area (Å²) in [5.74, 6) is 2.76. The first-order valence-electron chi connectivity index (χ1n) is 11.6. The number of methoxy groups -OCH3 is 3. The van der Waals surface area contributed by atoms with Gasteiger partial charge in [-0.25, -0.2) is 0 Å². The summed E-state index contributed by atoms with van der Waals surface area (Å²) in [5, 5.41) is 3.68. The summed E-state index contributed by atoms with van der Waals surface area (Å²) in [6, 6.07) is 14.3. The fourth-order valence-electron chi connectivity index (χ4n) is 4.97. The van der Waals surface area contributed by atoms with Crippen molar-refractivity contribution in [2.45, 2.75) is 31.3 Å². The molecule has 0 unspecified atom stereocenters. The second-order valence-electron chi connectivity index (χ2n) is 8.65. The van der Waals surface area contributed by atoms with Crippen LogP contribution in [0.25, 0.3) is 0 Å². The molecule has 2 aromatic rings. The predicted molar refractivity (Wildman–Crippen MR) is 126 cm³/mol. The maximum absolute atomic E-state index is 13.5. The quantitative estimate of drug-likeness (QED) is 0.661. The first kappa shape index (κ1) is 23.4. The summed E-state index contributed by atoms with van der Waals surface area (Å²) in [5.41, 5.74) is 2.26. The second kappa shape index (κ2) is 10.9. The number of nitrogens with zero attached hydrogens (tertiary/aromatic N) is 1. The molecule has 2 aromatic carbocycles. The van der Waals surface area contributed by atoms with Crippen molar-refractivity contribution in [2.24, 2.45) is 5.92 Å². The maximum atomic E-state index is 13.5. The molecule has 1 saturated carbocycles. The van der Waals surface area contributed by atoms with Crippen LogP contribution in [0.1, 0.15) is 29.9 Å². The van der Waals surface area contributed by atoms with Gasteiger partial charge in [-0.05, 0) is 42.5 Å². The summed E-state index contributed by atoms with van der Waals surface area (Å²) in [4.78, 5) is 15.5. The fraction of sp³-hybridized carbons (Fsp3) is 0.500. The molecule has 0 spiro atoms. The van der Waals surface area contributed by atoms with E-state index in [0.717, 1.165) is 35.7 Å². The molecular weight excluding hydrogens is 420 g/mol. The largest absolute Gasteiger partial charge is 0.497 e. The molecule has 1 N–H and O–H groups in total. The zero-order chi connectivity index (χ0) is 23.2. The van der Waals surface area contributed by atoms with Crippen molar-refractivity contribution in [3.05, 3.63) is 53.6 Å². The van der Waals surface area contributed by atoms with E-state index in [1.54, 1.807) is 21.3 Å². The average molecular weight is 455 g/mol. The van der Waals surface area contributed by atoms with Gasteiger partial charge in [-0.15, -0.1) is 0 Å². The zero-order valence-corrected chi connectivity index (χ0v) is 19.7. The summed E-state index contributed by atoms with van der Waals surface area (Å²) < 4.78 is 21.6. The third-order valence-electron chi connectivity index (χ3n) is 6.82. The number of nitrogens with one attached hydrogen (secondary N) is 1. The van der Waals surface area contributed by atoms with Crippen LogP contribution in [0.5, 0.6) is 17.2 Å². The second-order valence-corrected chi connectivity index (χ2v) is 8.65. The number of rotatable bonds is 8. The molecule has 4 rings (SSSR count). The van der Waals surface area contributed by atoms with Gasteiger partial charge in [0.15, 0.2) is 0 Å². The van der Waals surface area contributed by atoms with Gasteiger partial charge >= 0.3 is 0 Å². The molecule has 178 valence electrons. The van der Waals surface area contributed by atoms with Crippen molar-refractivity contribution in [3.63, 3.8) is 0 Å². The SMILES string of the molecule is COc1ccc([C@H]2C[C@H](NCc3ccc(OC)cc3OC)C[C@@H]2C(=O)N2CCOCC2)cc1. The minimum Gasteiger partial charge on any atom is -0.497 e. The van der Waals surface area contributed by atoms with Gasteiger partial charge in [-0.3, -0.25) is 4.79 Å². The smallest absolute Gasteiger partial charge is 0.226 e. The molecular formula is C26H34N2O5. The van der Waals surface area contributed by atoms with E-state index in [1.807, 2.05) is 35.2 Å². The molecule has 1 saturated heterocycles. The Kier molecular flexibility index (Phi) is 7.73. The highest BCUT2D eigenvalue weighted by atomic mass is 16.5. The third kappa shape index (κ3) is 5.42. The van der Waals surface area contributed by atoms with Gasteiger partial charge in [0, 0.05) is 43.2 Å². The standard InChI is InChI=1S/C26H34N2O5/c1-30-21-7-4-18(5-8-21)23-14-20(15-24(23)26(29)28-10-12-33-13-11-28)27-17-19-6-9-22(31-2)16-25(19)32-3/h4-9,16,20,23-24,27H,10-15,17H2,1-3H3/t20-,23+,24-/m0/s1. The fourth-order valence-corrected chi connectivity index (χ4v) is 4.97. The van der Waals surface area contributed by atoms with Gasteiger partial charge in [-0.1, -0.05) is 18.2 Å². The molecule has 7 heteroatoms. The Labute approximate surface area is 196 Å². The van der Waals surface area contributed by atoms with Crippen LogP contribution in [0.15, 0.2) is 42.5 Å². The van der Waals surface area contributed by atoms with Crippen molar-refractivity contribution < 1.29 is 23.7 Å². The lowest BCUT2D eigenvalue weighted by Gasteiger charge is -2.31. The topological polar surface area (TPSA) is 69.3 Å². The van der Waals surface area contributed by atoms with Crippen molar-refractivity contribution in [1.29, 1.82) is 0 Å². The third-order valence-corrected chi connectivity index (χ3v) is 6.82. The molecule has 2 aliphatic rings. The molecule has 2 fully saturated rings. The van der Waals surface area contributed by atoms with Crippen LogP contribution in [0.4, 0.5) is 0 Å². The Morgan fingerprint density at radius 2 is 1.67 bits per heavy atom.